The number of hydrogen-bond donors (Lipinski definition) is 1. The molecule has 3 heteroatoms. The van der Waals surface area contributed by atoms with E-state index in [9.17, 15) is 4.79 Å². The van der Waals surface area contributed by atoms with Crippen molar-refractivity contribution >= 4 is 5.91 Å². The van der Waals surface area contributed by atoms with Gasteiger partial charge in [-0.2, -0.15) is 0 Å². The highest BCUT2D eigenvalue weighted by atomic mass is 16.2. The van der Waals surface area contributed by atoms with Gasteiger partial charge in [0.15, 0.2) is 0 Å². The van der Waals surface area contributed by atoms with Crippen molar-refractivity contribution in [3.8, 4) is 11.1 Å². The van der Waals surface area contributed by atoms with Gasteiger partial charge >= 0.3 is 0 Å². The van der Waals surface area contributed by atoms with Gasteiger partial charge in [-0.05, 0) is 36.0 Å². The largest absolute Gasteiger partial charge is 0.337 e. The first-order valence-corrected chi connectivity index (χ1v) is 7.93. The number of rotatable bonds is 3. The second kappa shape index (κ2) is 6.75. The highest BCUT2D eigenvalue weighted by Crippen LogP contribution is 2.20. The molecule has 0 aromatic heterocycles. The van der Waals surface area contributed by atoms with E-state index < -0.39 is 0 Å². The molecule has 22 heavy (non-hydrogen) atoms. The zero-order chi connectivity index (χ0) is 15.4. The molecular formula is C19H22N2O. The summed E-state index contributed by atoms with van der Waals surface area (Å²) in [4.78, 5) is 14.1. The molecule has 3 rings (SSSR count). The summed E-state index contributed by atoms with van der Waals surface area (Å²) >= 11 is 0. The molecule has 0 bridgehead atoms. The van der Waals surface area contributed by atoms with Crippen LogP contribution in [-0.2, 0) is 11.3 Å². The van der Waals surface area contributed by atoms with E-state index in [0.717, 1.165) is 31.4 Å². The van der Waals surface area contributed by atoms with E-state index in [0.29, 0.717) is 6.54 Å². The summed E-state index contributed by atoms with van der Waals surface area (Å²) in [7, 11) is 0. The number of nitrogens with zero attached hydrogens (tertiary/aromatic N) is 1. The maximum Gasteiger partial charge on any atom is 0.239 e. The van der Waals surface area contributed by atoms with Gasteiger partial charge in [0.25, 0.3) is 0 Å². The molecule has 1 aliphatic heterocycles. The Morgan fingerprint density at radius 1 is 0.955 bits per heavy atom. The van der Waals surface area contributed by atoms with Crippen LogP contribution in [-0.4, -0.2) is 23.4 Å². The summed E-state index contributed by atoms with van der Waals surface area (Å²) in [6.07, 6.45) is 2.89. The lowest BCUT2D eigenvalue weighted by atomic mass is 10.0. The molecule has 2 aromatic carbocycles. The van der Waals surface area contributed by atoms with Gasteiger partial charge in [-0.15, -0.1) is 0 Å². The molecule has 0 aliphatic carbocycles. The average molecular weight is 294 g/mol. The van der Waals surface area contributed by atoms with E-state index in [1.54, 1.807) is 0 Å². The minimum absolute atomic E-state index is 0.0876. The fraction of sp³-hybridized carbons (Fsp3) is 0.316. The van der Waals surface area contributed by atoms with Gasteiger partial charge in [0.1, 0.15) is 0 Å². The van der Waals surface area contributed by atoms with E-state index in [-0.39, 0.29) is 11.9 Å². The van der Waals surface area contributed by atoms with Gasteiger partial charge < -0.3 is 10.6 Å². The number of hydrogen-bond acceptors (Lipinski definition) is 2. The molecule has 1 fully saturated rings. The molecule has 3 nitrogen and oxygen atoms in total. The number of nitrogens with two attached hydrogens (primary N) is 1. The normalized spacial score (nSPS) is 19.0. The van der Waals surface area contributed by atoms with E-state index in [4.69, 9.17) is 5.73 Å². The molecule has 2 aromatic rings. The standard InChI is InChI=1S/C19H22N2O/c20-18-8-4-5-13-21(19(18)22)14-15-9-11-17(12-10-15)16-6-2-1-3-7-16/h1-3,6-7,9-12,18H,4-5,8,13-14,20H2/t18-/m0/s1. The van der Waals surface area contributed by atoms with Crippen LogP contribution in [0.2, 0.25) is 0 Å². The van der Waals surface area contributed by atoms with E-state index in [2.05, 4.69) is 36.4 Å². The van der Waals surface area contributed by atoms with Crippen LogP contribution in [0.15, 0.2) is 54.6 Å². The first-order valence-electron chi connectivity index (χ1n) is 7.93. The molecule has 1 saturated heterocycles. The predicted octanol–water partition coefficient (Wildman–Crippen LogP) is 3.19. The van der Waals surface area contributed by atoms with Gasteiger partial charge in [0.2, 0.25) is 5.91 Å². The van der Waals surface area contributed by atoms with E-state index >= 15 is 0 Å². The lowest BCUT2D eigenvalue weighted by Gasteiger charge is -2.22. The summed E-state index contributed by atoms with van der Waals surface area (Å²) in [5, 5.41) is 0. The van der Waals surface area contributed by atoms with E-state index in [1.807, 2.05) is 23.1 Å². The van der Waals surface area contributed by atoms with E-state index in [1.165, 1.54) is 11.1 Å². The van der Waals surface area contributed by atoms with Gasteiger partial charge in [-0.25, -0.2) is 0 Å². The van der Waals surface area contributed by atoms with Crippen LogP contribution in [0.5, 0.6) is 0 Å². The summed E-state index contributed by atoms with van der Waals surface area (Å²) < 4.78 is 0. The fourth-order valence-electron chi connectivity index (χ4n) is 2.95. The Hall–Kier alpha value is -2.13. The average Bonchev–Trinajstić information content (AvgIpc) is 2.72. The maximum atomic E-state index is 12.2. The van der Waals surface area contributed by atoms with Crippen LogP contribution < -0.4 is 5.73 Å². The Labute approximate surface area is 131 Å². The third-order valence-corrected chi connectivity index (χ3v) is 4.26. The topological polar surface area (TPSA) is 46.3 Å². The summed E-state index contributed by atoms with van der Waals surface area (Å²) in [6.45, 7) is 1.47. The maximum absolute atomic E-state index is 12.2. The van der Waals surface area contributed by atoms with Crippen molar-refractivity contribution in [1.29, 1.82) is 0 Å². The first kappa shape index (κ1) is 14.8. The molecule has 114 valence electrons. The fourth-order valence-corrected chi connectivity index (χ4v) is 2.95. The highest BCUT2D eigenvalue weighted by Gasteiger charge is 2.23. The third-order valence-electron chi connectivity index (χ3n) is 4.26. The Bertz CT molecular complexity index is 622. The molecule has 2 N–H and O–H groups in total. The smallest absolute Gasteiger partial charge is 0.239 e. The molecule has 1 amide bonds. The summed E-state index contributed by atoms with van der Waals surface area (Å²) in [6, 6.07) is 18.4. The van der Waals surface area contributed by atoms with Gasteiger partial charge in [-0.3, -0.25) is 4.79 Å². The molecular weight excluding hydrogens is 272 g/mol. The van der Waals surface area contributed by atoms with Crippen molar-refractivity contribution in [1.82, 2.24) is 4.90 Å². The molecule has 0 radical (unpaired) electrons. The second-order valence-electron chi connectivity index (χ2n) is 5.93. The molecule has 1 atom stereocenters. The quantitative estimate of drug-likeness (QED) is 0.945. The minimum atomic E-state index is -0.328. The van der Waals surface area contributed by atoms with Crippen LogP contribution in [0, 0.1) is 0 Å². The second-order valence-corrected chi connectivity index (χ2v) is 5.93. The van der Waals surface area contributed by atoms with Gasteiger partial charge in [-0.1, -0.05) is 54.6 Å². The number of likely N-dealkylation sites (tertiary alicyclic amines) is 1. The zero-order valence-electron chi connectivity index (χ0n) is 12.7. The minimum Gasteiger partial charge on any atom is -0.337 e. The number of amides is 1. The highest BCUT2D eigenvalue weighted by molar-refractivity contribution is 5.81. The molecule has 0 spiro atoms. The van der Waals surface area contributed by atoms with Crippen molar-refractivity contribution in [3.63, 3.8) is 0 Å². The Morgan fingerprint density at radius 2 is 1.64 bits per heavy atom. The lowest BCUT2D eigenvalue weighted by Crippen LogP contribution is -2.41. The van der Waals surface area contributed by atoms with Crippen LogP contribution >= 0.6 is 0 Å². The zero-order valence-corrected chi connectivity index (χ0v) is 12.7. The Kier molecular flexibility index (Phi) is 4.54. The third kappa shape index (κ3) is 3.37. The van der Waals surface area contributed by atoms with Crippen molar-refractivity contribution in [2.75, 3.05) is 6.54 Å². The van der Waals surface area contributed by atoms with Crippen LogP contribution in [0.1, 0.15) is 24.8 Å². The number of carbonyl (C=O) groups is 1. The van der Waals surface area contributed by atoms with Crippen LogP contribution in [0.3, 0.4) is 0 Å². The molecule has 1 heterocycles. The molecule has 0 unspecified atom stereocenters. The van der Waals surface area contributed by atoms with Crippen molar-refractivity contribution in [3.05, 3.63) is 60.2 Å². The molecule has 0 saturated carbocycles. The number of carbonyl (C=O) groups excluding carboxylic acids is 1. The molecule has 1 aliphatic rings. The van der Waals surface area contributed by atoms with Gasteiger partial charge in [0, 0.05) is 13.1 Å². The Morgan fingerprint density at radius 3 is 2.36 bits per heavy atom. The summed E-state index contributed by atoms with van der Waals surface area (Å²) in [5.41, 5.74) is 9.49. The Balaban J connectivity index is 1.72. The summed E-state index contributed by atoms with van der Waals surface area (Å²) in [5.74, 6) is 0.0876. The van der Waals surface area contributed by atoms with Crippen molar-refractivity contribution in [2.45, 2.75) is 31.8 Å². The monoisotopic (exact) mass is 294 g/mol. The van der Waals surface area contributed by atoms with Gasteiger partial charge in [0.05, 0.1) is 6.04 Å². The van der Waals surface area contributed by atoms with Crippen molar-refractivity contribution in [2.24, 2.45) is 5.73 Å². The van der Waals surface area contributed by atoms with Crippen LogP contribution in [0.4, 0.5) is 0 Å². The SMILES string of the molecule is N[C@H]1CCCCN(Cc2ccc(-c3ccccc3)cc2)C1=O. The van der Waals surface area contributed by atoms with Crippen molar-refractivity contribution < 1.29 is 4.79 Å². The predicted molar refractivity (Wildman–Crippen MR) is 89.1 cm³/mol. The first-order chi connectivity index (χ1) is 10.7. The number of benzene rings is 2. The lowest BCUT2D eigenvalue weighted by molar-refractivity contribution is -0.132. The van der Waals surface area contributed by atoms with Crippen LogP contribution in [0.25, 0.3) is 11.1 Å².